The van der Waals surface area contributed by atoms with E-state index in [-0.39, 0.29) is 17.7 Å². The lowest BCUT2D eigenvalue weighted by Crippen LogP contribution is -2.45. The first-order valence-electron chi connectivity index (χ1n) is 6.45. The van der Waals surface area contributed by atoms with Crippen LogP contribution in [0.25, 0.3) is 0 Å². The highest BCUT2D eigenvalue weighted by Gasteiger charge is 2.49. The van der Waals surface area contributed by atoms with Gasteiger partial charge in [0, 0.05) is 0 Å². The molecule has 7 nitrogen and oxygen atoms in total. The number of benzene rings is 1. The molecule has 8 heteroatoms. The van der Waals surface area contributed by atoms with Gasteiger partial charge in [-0.3, -0.25) is 4.79 Å². The highest BCUT2D eigenvalue weighted by Crippen LogP contribution is 2.34. The van der Waals surface area contributed by atoms with E-state index >= 15 is 0 Å². The highest BCUT2D eigenvalue weighted by molar-refractivity contribution is 7.93. The van der Waals surface area contributed by atoms with Crippen molar-refractivity contribution in [3.05, 3.63) is 49.6 Å². The highest BCUT2D eigenvalue weighted by atomic mass is 32.2. The third-order valence-electron chi connectivity index (χ3n) is 3.22. The van der Waals surface area contributed by atoms with Gasteiger partial charge in [0.15, 0.2) is 14.6 Å². The van der Waals surface area contributed by atoms with Crippen molar-refractivity contribution in [3.8, 4) is 5.75 Å². The molecule has 1 aromatic rings. The van der Waals surface area contributed by atoms with Crippen LogP contribution in [-0.4, -0.2) is 36.6 Å². The van der Waals surface area contributed by atoms with E-state index in [1.807, 2.05) is 0 Å². The van der Waals surface area contributed by atoms with E-state index < -0.39 is 20.6 Å². The first kappa shape index (κ1) is 20.8. The minimum atomic E-state index is -4.11. The van der Waals surface area contributed by atoms with Gasteiger partial charge in [0.2, 0.25) is 0 Å². The van der Waals surface area contributed by atoms with Crippen LogP contribution in [0.2, 0.25) is 0 Å². The van der Waals surface area contributed by atoms with Crippen molar-refractivity contribution in [2.75, 3.05) is 7.11 Å². The predicted molar refractivity (Wildman–Crippen MR) is 86.1 cm³/mol. The Bertz CT molecular complexity index is 626. The molecule has 0 spiro atoms. The molecule has 128 valence electrons. The van der Waals surface area contributed by atoms with Crippen LogP contribution < -0.4 is 10.6 Å². The Hall–Kier alpha value is -2.16. The Morgan fingerprint density at radius 3 is 1.96 bits per heavy atom. The van der Waals surface area contributed by atoms with Gasteiger partial charge in [-0.05, 0) is 37.1 Å². The maximum atomic E-state index is 12.8. The molecule has 0 fully saturated rings. The second kappa shape index (κ2) is 9.09. The summed E-state index contributed by atoms with van der Waals surface area (Å²) in [5.41, 5.74) is 0. The van der Waals surface area contributed by atoms with E-state index in [1.54, 1.807) is 0 Å². The van der Waals surface area contributed by atoms with Gasteiger partial charge in [-0.15, -0.1) is 13.2 Å². The fourth-order valence-corrected chi connectivity index (χ4v) is 3.89. The molecule has 1 aromatic carbocycles. The molecule has 0 unspecified atom stereocenters. The maximum Gasteiger partial charge on any atom is 0.326 e. The summed E-state index contributed by atoms with van der Waals surface area (Å²) in [7, 11) is -2.65. The lowest BCUT2D eigenvalue weighted by atomic mass is 10.0. The largest absolute Gasteiger partial charge is 0.497 e. The van der Waals surface area contributed by atoms with Gasteiger partial charge in [-0.2, -0.15) is 0 Å². The second-order valence-corrected chi connectivity index (χ2v) is 6.72. The molecule has 0 amide bonds. The summed E-state index contributed by atoms with van der Waals surface area (Å²) < 4.78 is 28.5. The first-order valence-corrected chi connectivity index (χ1v) is 7.93. The molecule has 1 rings (SSSR count). The molecule has 0 saturated carbocycles. The minimum Gasteiger partial charge on any atom is -0.497 e. The van der Waals surface area contributed by atoms with Crippen LogP contribution in [0.15, 0.2) is 54.5 Å². The fourth-order valence-electron chi connectivity index (χ4n) is 2.04. The van der Waals surface area contributed by atoms with Gasteiger partial charge >= 0.3 is 5.97 Å². The van der Waals surface area contributed by atoms with Crippen LogP contribution in [0, 0.1) is 0 Å². The second-order valence-electron chi connectivity index (χ2n) is 4.46. The van der Waals surface area contributed by atoms with Crippen LogP contribution >= 0.6 is 0 Å². The van der Waals surface area contributed by atoms with Crippen LogP contribution in [0.3, 0.4) is 0 Å². The zero-order chi connectivity index (χ0) is 18.1. The molecular formula is C15H21NO6S. The standard InChI is InChI=1S/C15H18O5S.H3NO/c1-4-10-15(11-5-2,14(16)17)21(18,19)13-8-6-12(20-3)7-9-13;1-2/h4-9H,1-2,10-11H2,3H3,(H,16,17);2H,1H2. The lowest BCUT2D eigenvalue weighted by Gasteiger charge is -2.27. The summed E-state index contributed by atoms with van der Waals surface area (Å²) in [6.45, 7) is 6.93. The van der Waals surface area contributed by atoms with Gasteiger partial charge in [-0.25, -0.2) is 14.3 Å². The van der Waals surface area contributed by atoms with Crippen molar-refractivity contribution in [2.24, 2.45) is 5.90 Å². The molecule has 4 N–H and O–H groups in total. The third-order valence-corrected chi connectivity index (χ3v) is 5.65. The molecule has 0 radical (unpaired) electrons. The number of hydrogen-bond donors (Lipinski definition) is 3. The van der Waals surface area contributed by atoms with Crippen molar-refractivity contribution in [1.29, 1.82) is 0 Å². The van der Waals surface area contributed by atoms with E-state index in [9.17, 15) is 18.3 Å². The molecule has 0 aromatic heterocycles. The average molecular weight is 343 g/mol. The Balaban J connectivity index is 0.00000232. The zero-order valence-corrected chi connectivity index (χ0v) is 13.6. The van der Waals surface area contributed by atoms with Gasteiger partial charge in [0.25, 0.3) is 0 Å². The van der Waals surface area contributed by atoms with Crippen LogP contribution in [0.4, 0.5) is 0 Å². The summed E-state index contributed by atoms with van der Waals surface area (Å²) >= 11 is 0. The number of hydrogen-bond acceptors (Lipinski definition) is 6. The van der Waals surface area contributed by atoms with Gasteiger partial charge in [-0.1, -0.05) is 12.2 Å². The SMILES string of the molecule is C=CCC(CC=C)(C(=O)O)S(=O)(=O)c1ccc(OC)cc1.NO. The Labute approximate surface area is 135 Å². The Kier molecular flexibility index (Phi) is 8.23. The summed E-state index contributed by atoms with van der Waals surface area (Å²) in [4.78, 5) is 11.6. The normalized spacial score (nSPS) is 10.9. The molecule has 0 saturated heterocycles. The number of carboxylic acid groups (broad SMARTS) is 1. The quantitative estimate of drug-likeness (QED) is 0.485. The number of sulfone groups is 1. The number of ether oxygens (including phenoxy) is 1. The van der Waals surface area contributed by atoms with Crippen molar-refractivity contribution in [2.45, 2.75) is 22.5 Å². The lowest BCUT2D eigenvalue weighted by molar-refractivity contribution is -0.140. The number of carboxylic acids is 1. The summed E-state index contributed by atoms with van der Waals surface area (Å²) in [5.74, 6) is 2.57. The van der Waals surface area contributed by atoms with E-state index in [0.717, 1.165) is 0 Å². The van der Waals surface area contributed by atoms with Crippen molar-refractivity contribution >= 4 is 15.8 Å². The van der Waals surface area contributed by atoms with E-state index in [1.165, 1.54) is 43.5 Å². The Morgan fingerprint density at radius 2 is 1.65 bits per heavy atom. The summed E-state index contributed by atoms with van der Waals surface area (Å²) in [5, 5.41) is 16.0. The maximum absolute atomic E-state index is 12.8. The van der Waals surface area contributed by atoms with E-state index in [4.69, 9.17) is 9.94 Å². The van der Waals surface area contributed by atoms with E-state index in [0.29, 0.717) is 5.75 Å². The molecule has 0 aliphatic carbocycles. The van der Waals surface area contributed by atoms with Gasteiger partial charge in [0.1, 0.15) is 5.75 Å². The number of aliphatic carboxylic acids is 1. The smallest absolute Gasteiger partial charge is 0.326 e. The van der Waals surface area contributed by atoms with Crippen molar-refractivity contribution in [3.63, 3.8) is 0 Å². The first-order chi connectivity index (χ1) is 10.9. The molecular weight excluding hydrogens is 322 g/mol. The minimum absolute atomic E-state index is 0.0746. The van der Waals surface area contributed by atoms with Gasteiger partial charge in [0.05, 0.1) is 12.0 Å². The molecule has 23 heavy (non-hydrogen) atoms. The molecule has 0 heterocycles. The van der Waals surface area contributed by atoms with Crippen LogP contribution in [0.1, 0.15) is 12.8 Å². The number of nitrogens with two attached hydrogens (primary N) is 1. The number of rotatable bonds is 8. The van der Waals surface area contributed by atoms with Gasteiger partial charge < -0.3 is 15.1 Å². The van der Waals surface area contributed by atoms with Crippen molar-refractivity contribution < 1.29 is 28.3 Å². The molecule has 0 aliphatic rings. The number of allylic oxidation sites excluding steroid dienone is 2. The molecule has 0 aliphatic heterocycles. The summed E-state index contributed by atoms with van der Waals surface area (Å²) in [6.07, 6.45) is 2.17. The zero-order valence-electron chi connectivity index (χ0n) is 12.8. The van der Waals surface area contributed by atoms with E-state index in [2.05, 4.69) is 19.1 Å². The van der Waals surface area contributed by atoms with Crippen LogP contribution in [0.5, 0.6) is 5.75 Å². The third kappa shape index (κ3) is 4.19. The molecule has 0 bridgehead atoms. The number of methoxy groups -OCH3 is 1. The number of carbonyl (C=O) groups is 1. The van der Waals surface area contributed by atoms with Crippen LogP contribution in [-0.2, 0) is 14.6 Å². The average Bonchev–Trinajstić information content (AvgIpc) is 2.56. The predicted octanol–water partition coefficient (Wildman–Crippen LogP) is 1.78. The monoisotopic (exact) mass is 343 g/mol. The fraction of sp³-hybridized carbons (Fsp3) is 0.267. The Morgan fingerprint density at radius 1 is 1.22 bits per heavy atom. The van der Waals surface area contributed by atoms with Crippen molar-refractivity contribution in [1.82, 2.24) is 0 Å². The summed E-state index contributed by atoms with van der Waals surface area (Å²) in [6, 6.07) is 5.61. The topological polar surface area (TPSA) is 127 Å². The molecule has 0 atom stereocenters.